The van der Waals surface area contributed by atoms with E-state index in [-0.39, 0.29) is 40.2 Å². The minimum absolute atomic E-state index is 0.00269. The van der Waals surface area contributed by atoms with E-state index in [4.69, 9.17) is 16.3 Å². The highest BCUT2D eigenvalue weighted by Gasteiger charge is 2.35. The molecule has 0 unspecified atom stereocenters. The maximum atomic E-state index is 14.5. The summed E-state index contributed by atoms with van der Waals surface area (Å²) in [6.07, 6.45) is 0.233. The van der Waals surface area contributed by atoms with Gasteiger partial charge in [0.1, 0.15) is 18.3 Å². The first-order chi connectivity index (χ1) is 21.1. The zero-order valence-electron chi connectivity index (χ0n) is 24.9. The van der Waals surface area contributed by atoms with E-state index in [2.05, 4.69) is 5.32 Å². The molecule has 0 fully saturated rings. The first-order valence-electron chi connectivity index (χ1n) is 14.2. The molecule has 0 aromatic heterocycles. The Kier molecular flexibility index (Phi) is 11.0. The third kappa shape index (κ3) is 7.98. The average Bonchev–Trinajstić information content (AvgIpc) is 3.02. The molecular weight excluding hydrogens is 598 g/mol. The summed E-state index contributed by atoms with van der Waals surface area (Å²) in [6, 6.07) is 28.7. The Bertz CT molecular complexity index is 1670. The van der Waals surface area contributed by atoms with E-state index in [0.29, 0.717) is 6.54 Å². The van der Waals surface area contributed by atoms with E-state index in [0.717, 1.165) is 21.0 Å². The molecule has 2 amide bonds. The number of amides is 2. The molecule has 0 aliphatic rings. The molecule has 8 nitrogen and oxygen atoms in total. The fourth-order valence-electron chi connectivity index (χ4n) is 4.83. The number of hydrogen-bond donors (Lipinski definition) is 1. The molecular formula is C34H36ClN3O5S. The van der Waals surface area contributed by atoms with Gasteiger partial charge in [0, 0.05) is 24.5 Å². The smallest absolute Gasteiger partial charge is 0.264 e. The van der Waals surface area contributed by atoms with Crippen LogP contribution in [0.5, 0.6) is 5.75 Å². The SMILES string of the molecule is CCNC(=O)[C@H](Cc1ccccc1)N(Cc1ccccc1)C(=O)CN(c1cc(Cl)ccc1OC)S(=O)(=O)c1ccc(C)cc1. The van der Waals surface area contributed by atoms with E-state index in [1.165, 1.54) is 30.2 Å². The first-order valence-corrected chi connectivity index (χ1v) is 16.0. The van der Waals surface area contributed by atoms with Crippen molar-refractivity contribution in [3.8, 4) is 5.75 Å². The van der Waals surface area contributed by atoms with Crippen LogP contribution in [0.1, 0.15) is 23.6 Å². The van der Waals surface area contributed by atoms with Gasteiger partial charge in [-0.25, -0.2) is 8.42 Å². The Morgan fingerprint density at radius 3 is 2.09 bits per heavy atom. The number of methoxy groups -OCH3 is 1. The lowest BCUT2D eigenvalue weighted by Gasteiger charge is -2.34. The second-order valence-electron chi connectivity index (χ2n) is 10.2. The number of nitrogens with zero attached hydrogens (tertiary/aromatic N) is 2. The number of rotatable bonds is 13. The van der Waals surface area contributed by atoms with Crippen LogP contribution in [-0.4, -0.2) is 51.4 Å². The van der Waals surface area contributed by atoms with Crippen molar-refractivity contribution in [3.05, 3.63) is 125 Å². The zero-order chi connectivity index (χ0) is 31.7. The lowest BCUT2D eigenvalue weighted by atomic mass is 10.0. The van der Waals surface area contributed by atoms with Crippen molar-refractivity contribution < 1.29 is 22.7 Å². The molecule has 0 saturated carbocycles. The van der Waals surface area contributed by atoms with Gasteiger partial charge in [0.25, 0.3) is 10.0 Å². The highest BCUT2D eigenvalue weighted by molar-refractivity contribution is 7.92. The highest BCUT2D eigenvalue weighted by Crippen LogP contribution is 2.35. The van der Waals surface area contributed by atoms with Gasteiger partial charge in [-0.2, -0.15) is 0 Å². The minimum atomic E-state index is -4.29. The lowest BCUT2D eigenvalue weighted by molar-refractivity contribution is -0.140. The summed E-state index contributed by atoms with van der Waals surface area (Å²) in [7, 11) is -2.88. The largest absolute Gasteiger partial charge is 0.495 e. The Balaban J connectivity index is 1.83. The third-order valence-corrected chi connectivity index (χ3v) is 9.12. The molecule has 230 valence electrons. The molecule has 0 bridgehead atoms. The predicted molar refractivity (Wildman–Crippen MR) is 173 cm³/mol. The molecule has 4 aromatic carbocycles. The number of carbonyl (C=O) groups excluding carboxylic acids is 2. The van der Waals surface area contributed by atoms with Gasteiger partial charge in [0.05, 0.1) is 17.7 Å². The van der Waals surface area contributed by atoms with Crippen LogP contribution in [0.3, 0.4) is 0 Å². The first kappa shape index (κ1) is 32.6. The molecule has 44 heavy (non-hydrogen) atoms. The van der Waals surface area contributed by atoms with Crippen LogP contribution in [0.2, 0.25) is 5.02 Å². The Labute approximate surface area is 264 Å². The molecule has 0 spiro atoms. The summed E-state index contributed by atoms with van der Waals surface area (Å²) >= 11 is 6.33. The van der Waals surface area contributed by atoms with Crippen LogP contribution in [0.4, 0.5) is 5.69 Å². The van der Waals surface area contributed by atoms with Gasteiger partial charge >= 0.3 is 0 Å². The van der Waals surface area contributed by atoms with Crippen molar-refractivity contribution in [2.75, 3.05) is 24.5 Å². The molecule has 10 heteroatoms. The molecule has 0 radical (unpaired) electrons. The quantitative estimate of drug-likeness (QED) is 0.206. The van der Waals surface area contributed by atoms with Crippen molar-refractivity contribution in [2.24, 2.45) is 0 Å². The number of sulfonamides is 1. The highest BCUT2D eigenvalue weighted by atomic mass is 35.5. The van der Waals surface area contributed by atoms with Crippen LogP contribution >= 0.6 is 11.6 Å². The molecule has 0 aliphatic carbocycles. The van der Waals surface area contributed by atoms with Gasteiger partial charge in [0.2, 0.25) is 11.8 Å². The van der Waals surface area contributed by atoms with Gasteiger partial charge in [-0.1, -0.05) is 90.0 Å². The fraction of sp³-hybridized carbons (Fsp3) is 0.235. The maximum Gasteiger partial charge on any atom is 0.264 e. The predicted octanol–water partition coefficient (Wildman–Crippen LogP) is 5.63. The summed E-state index contributed by atoms with van der Waals surface area (Å²) in [5.74, 6) is -0.690. The monoisotopic (exact) mass is 633 g/mol. The summed E-state index contributed by atoms with van der Waals surface area (Å²) in [4.78, 5) is 29.5. The number of hydrogen-bond acceptors (Lipinski definition) is 5. The number of halogens is 1. The number of anilines is 1. The topological polar surface area (TPSA) is 96.0 Å². The van der Waals surface area contributed by atoms with E-state index in [1.807, 2.05) is 74.5 Å². The van der Waals surface area contributed by atoms with Gasteiger partial charge in [-0.3, -0.25) is 13.9 Å². The van der Waals surface area contributed by atoms with Crippen molar-refractivity contribution in [2.45, 2.75) is 37.8 Å². The summed E-state index contributed by atoms with van der Waals surface area (Å²) < 4.78 is 34.9. The summed E-state index contributed by atoms with van der Waals surface area (Å²) in [5, 5.41) is 3.12. The van der Waals surface area contributed by atoms with Crippen LogP contribution in [0.25, 0.3) is 0 Å². The number of benzene rings is 4. The normalized spacial score (nSPS) is 11.8. The lowest BCUT2D eigenvalue weighted by Crippen LogP contribution is -2.53. The van der Waals surface area contributed by atoms with Gasteiger partial charge in [-0.05, 0) is 55.3 Å². The molecule has 4 rings (SSSR count). The number of likely N-dealkylation sites (N-methyl/N-ethyl adjacent to an activating group) is 1. The van der Waals surface area contributed by atoms with E-state index < -0.39 is 28.5 Å². The van der Waals surface area contributed by atoms with Gasteiger partial charge in [0.15, 0.2) is 0 Å². The van der Waals surface area contributed by atoms with Crippen molar-refractivity contribution >= 4 is 39.1 Å². The summed E-state index contributed by atoms with van der Waals surface area (Å²) in [5.41, 5.74) is 2.63. The zero-order valence-corrected chi connectivity index (χ0v) is 26.5. The minimum Gasteiger partial charge on any atom is -0.495 e. The molecule has 0 saturated heterocycles. The molecule has 0 heterocycles. The second kappa shape index (κ2) is 14.9. The van der Waals surface area contributed by atoms with Crippen LogP contribution in [0, 0.1) is 6.92 Å². The van der Waals surface area contributed by atoms with Crippen molar-refractivity contribution in [1.82, 2.24) is 10.2 Å². The molecule has 1 N–H and O–H groups in total. The van der Waals surface area contributed by atoms with E-state index >= 15 is 0 Å². The van der Waals surface area contributed by atoms with Gasteiger partial charge in [-0.15, -0.1) is 0 Å². The number of ether oxygens (including phenoxy) is 1. The third-order valence-electron chi connectivity index (χ3n) is 7.12. The van der Waals surface area contributed by atoms with Crippen LogP contribution in [0.15, 0.2) is 108 Å². The fourth-order valence-corrected chi connectivity index (χ4v) is 6.42. The van der Waals surface area contributed by atoms with E-state index in [9.17, 15) is 18.0 Å². The van der Waals surface area contributed by atoms with Crippen molar-refractivity contribution in [3.63, 3.8) is 0 Å². The summed E-state index contributed by atoms with van der Waals surface area (Å²) in [6.45, 7) is 3.50. The second-order valence-corrected chi connectivity index (χ2v) is 12.5. The molecule has 4 aromatic rings. The number of nitrogens with one attached hydrogen (secondary N) is 1. The van der Waals surface area contributed by atoms with Crippen LogP contribution in [-0.2, 0) is 32.6 Å². The number of carbonyl (C=O) groups is 2. The standard InChI is InChI=1S/C34H36ClN3O5S/c1-4-36-34(40)31(21-26-11-7-5-8-12-26)37(23-27-13-9-6-10-14-27)33(39)24-38(30-22-28(35)17-20-32(30)43-3)44(41,42)29-18-15-25(2)16-19-29/h5-20,22,31H,4,21,23-24H2,1-3H3,(H,36,40)/t31-/m0/s1. The van der Waals surface area contributed by atoms with Gasteiger partial charge < -0.3 is 15.0 Å². The molecule has 0 aliphatic heterocycles. The van der Waals surface area contributed by atoms with E-state index in [1.54, 1.807) is 24.3 Å². The Hall–Kier alpha value is -4.34. The number of aryl methyl sites for hydroxylation is 1. The maximum absolute atomic E-state index is 14.5. The Morgan fingerprint density at radius 2 is 1.50 bits per heavy atom. The van der Waals surface area contributed by atoms with Crippen LogP contribution < -0.4 is 14.4 Å². The Morgan fingerprint density at radius 1 is 0.886 bits per heavy atom. The molecule has 1 atom stereocenters. The average molecular weight is 634 g/mol. The van der Waals surface area contributed by atoms with Crippen molar-refractivity contribution in [1.29, 1.82) is 0 Å².